The van der Waals surface area contributed by atoms with Gasteiger partial charge < -0.3 is 0 Å². The fraction of sp³-hybridized carbons (Fsp3) is 0. The molecule has 2 aromatic rings. The molecule has 0 amide bonds. The predicted molar refractivity (Wildman–Crippen MR) is 79.0 cm³/mol. The molecule has 2 rings (SSSR count). The van der Waals surface area contributed by atoms with Crippen molar-refractivity contribution in [2.45, 2.75) is 0 Å². The molecule has 0 aliphatic carbocycles. The third-order valence-electron chi connectivity index (χ3n) is 3.04. The summed E-state index contributed by atoms with van der Waals surface area (Å²) in [6.45, 7) is 0. The molecular weight excluding hydrogens is 315 g/mol. The number of nitrogens with zero attached hydrogens (tertiary/aromatic N) is 2. The third-order valence-corrected chi connectivity index (χ3v) is 5.58. The van der Waals surface area contributed by atoms with Crippen LogP contribution in [0.5, 0.6) is 0 Å². The fourth-order valence-corrected chi connectivity index (χ4v) is 4.20. The van der Waals surface area contributed by atoms with Gasteiger partial charge in [-0.3, -0.25) is 0 Å². The van der Waals surface area contributed by atoms with Crippen LogP contribution in [0.15, 0.2) is 48.5 Å². The molecule has 10 heteroatoms. The quantitative estimate of drug-likeness (QED) is 0.426. The zero-order valence-corrected chi connectivity index (χ0v) is 11.8. The summed E-state index contributed by atoms with van der Waals surface area (Å²) in [6, 6.07) is 8.88. The Morgan fingerprint density at radius 2 is 1.05 bits per heavy atom. The van der Waals surface area contributed by atoms with Crippen LogP contribution >= 0.6 is 7.28 Å². The number of para-hydroxylation sites is 2. The molecule has 3 N–H and O–H groups in total. The van der Waals surface area contributed by atoms with Gasteiger partial charge in [0.25, 0.3) is 0 Å². The third kappa shape index (κ3) is 2.53. The summed E-state index contributed by atoms with van der Waals surface area (Å²) >= 11 is 0. The SMILES string of the molecule is O=[N+]([O-])c1ccccc1P(O)(O)(O)c1ccccc1[N+](=O)[O-]. The van der Waals surface area contributed by atoms with Gasteiger partial charge in [-0.1, -0.05) is 0 Å². The molecule has 9 nitrogen and oxygen atoms in total. The monoisotopic (exact) mass is 326 g/mol. The fourth-order valence-electron chi connectivity index (χ4n) is 2.06. The first-order valence-corrected chi connectivity index (χ1v) is 7.97. The topological polar surface area (TPSA) is 147 Å². The van der Waals surface area contributed by atoms with Crippen LogP contribution in [0.4, 0.5) is 11.4 Å². The molecule has 116 valence electrons. The molecule has 0 heterocycles. The van der Waals surface area contributed by atoms with Gasteiger partial charge in [-0.05, 0) is 0 Å². The Labute approximate surface area is 123 Å². The van der Waals surface area contributed by atoms with Gasteiger partial charge in [0.05, 0.1) is 0 Å². The molecule has 0 aliphatic rings. The van der Waals surface area contributed by atoms with Crippen LogP contribution in [0.3, 0.4) is 0 Å². The molecule has 0 radical (unpaired) electrons. The first-order valence-electron chi connectivity index (χ1n) is 5.88. The standard InChI is InChI=1S/C12H11N2O7P/c15-13(16)9-5-1-3-7-11(9)22(19,20,21)12-8-4-2-6-10(12)14(17)18/h1-8,19-21H. The van der Waals surface area contributed by atoms with Gasteiger partial charge >= 0.3 is 123 Å². The Morgan fingerprint density at radius 3 is 1.36 bits per heavy atom. The molecular formula is C12H11N2O7P. The van der Waals surface area contributed by atoms with E-state index in [1.165, 1.54) is 24.3 Å². The second-order valence-corrected chi connectivity index (χ2v) is 7.40. The Balaban J connectivity index is 2.83. The maximum atomic E-state index is 11.0. The summed E-state index contributed by atoms with van der Waals surface area (Å²) in [5, 5.41) is 20.5. The van der Waals surface area contributed by atoms with Crippen molar-refractivity contribution in [3.8, 4) is 0 Å². The van der Waals surface area contributed by atoms with E-state index in [2.05, 4.69) is 0 Å². The number of rotatable bonds is 4. The Morgan fingerprint density at radius 1 is 0.727 bits per heavy atom. The summed E-state index contributed by atoms with van der Waals surface area (Å²) in [6.07, 6.45) is 0. The molecule has 0 unspecified atom stereocenters. The van der Waals surface area contributed by atoms with Crippen LogP contribution in [0.1, 0.15) is 0 Å². The maximum absolute atomic E-state index is 11.0. The van der Waals surface area contributed by atoms with Gasteiger partial charge in [0.2, 0.25) is 0 Å². The van der Waals surface area contributed by atoms with E-state index in [1.807, 2.05) is 0 Å². The summed E-state index contributed by atoms with van der Waals surface area (Å²) in [7, 11) is -6.05. The van der Waals surface area contributed by atoms with Gasteiger partial charge in [-0.15, -0.1) is 0 Å². The summed E-state index contributed by atoms with van der Waals surface area (Å²) in [4.78, 5) is 51.5. The van der Waals surface area contributed by atoms with Gasteiger partial charge in [0.1, 0.15) is 0 Å². The van der Waals surface area contributed by atoms with E-state index in [9.17, 15) is 34.9 Å². The van der Waals surface area contributed by atoms with Gasteiger partial charge in [0, 0.05) is 0 Å². The van der Waals surface area contributed by atoms with Gasteiger partial charge in [-0.25, -0.2) is 0 Å². The first-order chi connectivity index (χ1) is 10.1. The Hall–Kier alpha value is -2.45. The molecule has 0 saturated heterocycles. The van der Waals surface area contributed by atoms with E-state index in [4.69, 9.17) is 0 Å². The summed E-state index contributed by atoms with van der Waals surface area (Å²) in [5.74, 6) is 0. The number of benzene rings is 2. The Kier molecular flexibility index (Phi) is 3.68. The van der Waals surface area contributed by atoms with E-state index in [-0.39, 0.29) is 0 Å². The molecule has 0 aromatic heterocycles. The van der Waals surface area contributed by atoms with Crippen LogP contribution in [0.25, 0.3) is 0 Å². The van der Waals surface area contributed by atoms with Crippen molar-refractivity contribution in [2.24, 2.45) is 0 Å². The Bertz CT molecular complexity index is 708. The van der Waals surface area contributed by atoms with Crippen molar-refractivity contribution in [3.05, 3.63) is 68.8 Å². The molecule has 0 bridgehead atoms. The minimum atomic E-state index is -6.05. The van der Waals surface area contributed by atoms with E-state index < -0.39 is 39.1 Å². The molecule has 0 saturated carbocycles. The molecule has 2 aromatic carbocycles. The van der Waals surface area contributed by atoms with E-state index in [1.54, 1.807) is 0 Å². The average Bonchev–Trinajstić information content (AvgIpc) is 2.47. The van der Waals surface area contributed by atoms with Crippen LogP contribution in [-0.4, -0.2) is 24.5 Å². The number of hydrogen-bond donors (Lipinski definition) is 3. The van der Waals surface area contributed by atoms with Crippen LogP contribution < -0.4 is 10.6 Å². The van der Waals surface area contributed by atoms with E-state index in [0.29, 0.717) is 0 Å². The second kappa shape index (κ2) is 5.08. The second-order valence-electron chi connectivity index (χ2n) is 4.47. The van der Waals surface area contributed by atoms with Crippen LogP contribution in [0, 0.1) is 20.2 Å². The van der Waals surface area contributed by atoms with Crippen molar-refractivity contribution < 1.29 is 24.5 Å². The van der Waals surface area contributed by atoms with Crippen molar-refractivity contribution in [1.82, 2.24) is 0 Å². The molecule has 0 aliphatic heterocycles. The van der Waals surface area contributed by atoms with Crippen molar-refractivity contribution in [2.75, 3.05) is 0 Å². The van der Waals surface area contributed by atoms with Crippen LogP contribution in [0.2, 0.25) is 0 Å². The molecule has 22 heavy (non-hydrogen) atoms. The number of nitro benzene ring substituents is 2. The molecule has 0 fully saturated rings. The van der Waals surface area contributed by atoms with Gasteiger partial charge in [-0.2, -0.15) is 0 Å². The van der Waals surface area contributed by atoms with Crippen molar-refractivity contribution in [1.29, 1.82) is 0 Å². The summed E-state index contributed by atoms with van der Waals surface area (Å²) < 4.78 is 0. The van der Waals surface area contributed by atoms with Gasteiger partial charge in [0.15, 0.2) is 0 Å². The van der Waals surface area contributed by atoms with Crippen LogP contribution in [-0.2, 0) is 0 Å². The average molecular weight is 326 g/mol. The molecule has 0 atom stereocenters. The number of hydrogen-bond acceptors (Lipinski definition) is 7. The zero-order chi connectivity index (χ0) is 16.6. The summed E-state index contributed by atoms with van der Waals surface area (Å²) in [5.41, 5.74) is -1.49. The predicted octanol–water partition coefficient (Wildman–Crippen LogP) is 0.729. The van der Waals surface area contributed by atoms with E-state index in [0.717, 1.165) is 24.3 Å². The van der Waals surface area contributed by atoms with Crippen molar-refractivity contribution in [3.63, 3.8) is 0 Å². The van der Waals surface area contributed by atoms with Crippen molar-refractivity contribution >= 4 is 29.3 Å². The zero-order valence-electron chi connectivity index (χ0n) is 10.9. The van der Waals surface area contributed by atoms with E-state index >= 15 is 0 Å². The normalized spacial score (nSPS) is 13.1. The minimum absolute atomic E-state index is 0.745. The molecule has 0 spiro atoms. The first kappa shape index (κ1) is 15.9. The number of nitro groups is 2.